The van der Waals surface area contributed by atoms with Gasteiger partial charge in [0.25, 0.3) is 12.2 Å². The van der Waals surface area contributed by atoms with Crippen molar-refractivity contribution in [2.24, 2.45) is 11.3 Å². The molecule has 0 bridgehead atoms. The molecule has 0 N–H and O–H groups in total. The molecule has 1 aliphatic carbocycles. The maximum Gasteiger partial charge on any atom is 0.257 e. The van der Waals surface area contributed by atoms with Crippen LogP contribution in [0.5, 0.6) is 0 Å². The lowest BCUT2D eigenvalue weighted by Gasteiger charge is -2.27. The highest BCUT2D eigenvalue weighted by atomic mass is 19.3. The third-order valence-corrected chi connectivity index (χ3v) is 6.77. The van der Waals surface area contributed by atoms with E-state index in [-0.39, 0.29) is 22.7 Å². The first-order valence-corrected chi connectivity index (χ1v) is 11.4. The molecule has 0 unspecified atom stereocenters. The van der Waals surface area contributed by atoms with Crippen molar-refractivity contribution in [1.82, 2.24) is 19.6 Å². The second-order valence-electron chi connectivity index (χ2n) is 9.68. The van der Waals surface area contributed by atoms with Crippen LogP contribution < -0.4 is 4.90 Å². The summed E-state index contributed by atoms with van der Waals surface area (Å²) in [6, 6.07) is 8.39. The van der Waals surface area contributed by atoms with Gasteiger partial charge in [-0.2, -0.15) is 4.98 Å². The minimum Gasteiger partial charge on any atom is -0.320 e. The summed E-state index contributed by atoms with van der Waals surface area (Å²) in [5, 5.41) is 8.07. The molecular weight excluding hydrogens is 446 g/mol. The van der Waals surface area contributed by atoms with Crippen LogP contribution in [0.1, 0.15) is 38.7 Å². The van der Waals surface area contributed by atoms with Crippen molar-refractivity contribution in [3.8, 4) is 0 Å². The molecule has 4 aromatic rings. The van der Waals surface area contributed by atoms with Gasteiger partial charge in [-0.15, -0.1) is 10.2 Å². The van der Waals surface area contributed by atoms with Gasteiger partial charge in [-0.3, -0.25) is 4.40 Å². The molecule has 2 aromatic carbocycles. The Morgan fingerprint density at radius 2 is 1.88 bits per heavy atom. The zero-order valence-corrected chi connectivity index (χ0v) is 19.0. The Kier molecular flexibility index (Phi) is 5.65. The lowest BCUT2D eigenvalue weighted by atomic mass is 9.81. The maximum absolute atomic E-state index is 14.7. The number of hydrogen-bond acceptors (Lipinski definition) is 4. The molecule has 1 saturated carbocycles. The summed E-state index contributed by atoms with van der Waals surface area (Å²) in [5.74, 6) is -0.130. The monoisotopic (exact) mass is 471 g/mol. The molecule has 178 valence electrons. The van der Waals surface area contributed by atoms with E-state index in [9.17, 15) is 17.6 Å². The maximum atomic E-state index is 14.7. The van der Waals surface area contributed by atoms with Gasteiger partial charge in [-0.25, -0.2) is 17.6 Å². The van der Waals surface area contributed by atoms with Crippen molar-refractivity contribution in [3.63, 3.8) is 0 Å². The number of aryl methyl sites for hydroxylation is 1. The van der Waals surface area contributed by atoms with E-state index in [1.54, 1.807) is 10.5 Å². The van der Waals surface area contributed by atoms with Gasteiger partial charge in [0.1, 0.15) is 23.8 Å². The van der Waals surface area contributed by atoms with E-state index in [0.717, 1.165) is 12.0 Å². The molecular formula is C25H25F4N5. The van der Waals surface area contributed by atoms with E-state index >= 15 is 0 Å². The summed E-state index contributed by atoms with van der Waals surface area (Å²) in [6.45, 7) is 3.69. The van der Waals surface area contributed by atoms with Gasteiger partial charge >= 0.3 is 0 Å². The quantitative estimate of drug-likeness (QED) is 0.282. The first-order valence-electron chi connectivity index (χ1n) is 11.4. The summed E-state index contributed by atoms with van der Waals surface area (Å²) in [7, 11) is 0. The van der Waals surface area contributed by atoms with Crippen LogP contribution in [0.2, 0.25) is 0 Å². The van der Waals surface area contributed by atoms with Crippen LogP contribution in [0, 0.1) is 23.0 Å². The highest BCUT2D eigenvalue weighted by Crippen LogP contribution is 2.47. The third kappa shape index (κ3) is 4.43. The first kappa shape index (κ1) is 22.6. The summed E-state index contributed by atoms with van der Waals surface area (Å²) < 4.78 is 57.9. The average Bonchev–Trinajstić information content (AvgIpc) is 3.54. The van der Waals surface area contributed by atoms with Gasteiger partial charge in [0.05, 0.1) is 12.1 Å². The molecule has 9 heteroatoms. The second-order valence-corrected chi connectivity index (χ2v) is 9.68. The van der Waals surface area contributed by atoms with Crippen molar-refractivity contribution in [2.75, 3.05) is 11.4 Å². The Hall–Kier alpha value is -3.23. The van der Waals surface area contributed by atoms with Crippen molar-refractivity contribution < 1.29 is 17.6 Å². The third-order valence-electron chi connectivity index (χ3n) is 6.77. The molecule has 0 radical (unpaired) electrons. The van der Waals surface area contributed by atoms with E-state index in [1.807, 2.05) is 0 Å². The number of anilines is 2. The van der Waals surface area contributed by atoms with Crippen LogP contribution >= 0.6 is 0 Å². The Bertz CT molecular complexity index is 1350. The molecule has 0 amide bonds. The average molecular weight is 472 g/mol. The van der Waals surface area contributed by atoms with Gasteiger partial charge in [-0.05, 0) is 79.0 Å². The summed E-state index contributed by atoms with van der Waals surface area (Å²) >= 11 is 0. The van der Waals surface area contributed by atoms with Crippen molar-refractivity contribution >= 4 is 28.2 Å². The second kappa shape index (κ2) is 8.52. The molecule has 5 rings (SSSR count). The standard InChI is InChI=1S/C25H25F4N5/c1-25(2,16-3-4-16)8-7-15-9-18(27)11-19(10-15)33(13-22(28)29)23-20-12-17(26)5-6-21(20)34-14-30-32-24(34)31-23/h5-6,9-12,14,16,22H,3-4,7-8,13H2,1-2H3. The van der Waals surface area contributed by atoms with E-state index in [4.69, 9.17) is 0 Å². The normalized spacial score (nSPS) is 14.4. The van der Waals surface area contributed by atoms with Crippen molar-refractivity contribution in [1.29, 1.82) is 0 Å². The lowest BCUT2D eigenvalue weighted by molar-refractivity contribution is 0.158. The topological polar surface area (TPSA) is 46.3 Å². The molecule has 0 atom stereocenters. The Morgan fingerprint density at radius 1 is 1.09 bits per heavy atom. The molecule has 2 aromatic heterocycles. The summed E-state index contributed by atoms with van der Waals surface area (Å²) in [4.78, 5) is 5.64. The van der Waals surface area contributed by atoms with Gasteiger partial charge in [0, 0.05) is 11.1 Å². The summed E-state index contributed by atoms with van der Waals surface area (Å²) in [6.07, 6.45) is 2.61. The van der Waals surface area contributed by atoms with Crippen LogP contribution in [0.4, 0.5) is 29.1 Å². The highest BCUT2D eigenvalue weighted by molar-refractivity contribution is 5.93. The van der Waals surface area contributed by atoms with Crippen LogP contribution in [-0.2, 0) is 6.42 Å². The molecule has 5 nitrogen and oxygen atoms in total. The number of aromatic nitrogens is 4. The number of alkyl halides is 2. The molecule has 0 spiro atoms. The smallest absolute Gasteiger partial charge is 0.257 e. The molecule has 34 heavy (non-hydrogen) atoms. The van der Waals surface area contributed by atoms with Gasteiger partial charge in [-0.1, -0.05) is 13.8 Å². The SMILES string of the molecule is CC(C)(CCc1cc(F)cc(N(CC(F)F)c2nc3nncn3c3ccc(F)cc23)c1)C1CC1. The van der Waals surface area contributed by atoms with E-state index in [1.165, 1.54) is 54.4 Å². The number of halogens is 4. The number of fused-ring (bicyclic) bond motifs is 3. The van der Waals surface area contributed by atoms with Crippen LogP contribution in [0.15, 0.2) is 42.7 Å². The Balaban J connectivity index is 1.60. The molecule has 1 aliphatic rings. The number of hydrogen-bond donors (Lipinski definition) is 0. The molecule has 1 fully saturated rings. The Morgan fingerprint density at radius 3 is 2.62 bits per heavy atom. The van der Waals surface area contributed by atoms with Gasteiger partial charge in [0.15, 0.2) is 0 Å². The fourth-order valence-corrected chi connectivity index (χ4v) is 4.65. The van der Waals surface area contributed by atoms with E-state index < -0.39 is 24.6 Å². The van der Waals surface area contributed by atoms with Crippen molar-refractivity contribution in [2.45, 2.75) is 46.0 Å². The zero-order valence-electron chi connectivity index (χ0n) is 19.0. The first-order chi connectivity index (χ1) is 16.2. The van der Waals surface area contributed by atoms with E-state index in [0.29, 0.717) is 23.2 Å². The van der Waals surface area contributed by atoms with Gasteiger partial charge in [0.2, 0.25) is 0 Å². The predicted molar refractivity (Wildman–Crippen MR) is 122 cm³/mol. The van der Waals surface area contributed by atoms with Crippen LogP contribution in [0.3, 0.4) is 0 Å². The minimum absolute atomic E-state index is 0.0742. The predicted octanol–water partition coefficient (Wildman–Crippen LogP) is 6.33. The number of benzene rings is 2. The minimum atomic E-state index is -2.74. The number of rotatable bonds is 8. The molecule has 0 saturated heterocycles. The molecule has 2 heterocycles. The fourth-order valence-electron chi connectivity index (χ4n) is 4.65. The highest BCUT2D eigenvalue weighted by Gasteiger charge is 2.37. The van der Waals surface area contributed by atoms with Crippen molar-refractivity contribution in [3.05, 3.63) is 59.9 Å². The summed E-state index contributed by atoms with van der Waals surface area (Å²) in [5.41, 5.74) is 1.61. The Labute approximate surface area is 194 Å². The fraction of sp³-hybridized carbons (Fsp3) is 0.400. The zero-order chi connectivity index (χ0) is 24.0. The molecule has 0 aliphatic heterocycles. The van der Waals surface area contributed by atoms with Gasteiger partial charge < -0.3 is 4.90 Å². The lowest BCUT2D eigenvalue weighted by Crippen LogP contribution is -2.26. The van der Waals surface area contributed by atoms with E-state index in [2.05, 4.69) is 29.0 Å². The number of nitrogens with zero attached hydrogens (tertiary/aromatic N) is 5. The van der Waals surface area contributed by atoms with Crippen LogP contribution in [-0.4, -0.2) is 32.6 Å². The van der Waals surface area contributed by atoms with Crippen LogP contribution in [0.25, 0.3) is 16.7 Å². The largest absolute Gasteiger partial charge is 0.320 e.